The first kappa shape index (κ1) is 16.5. The van der Waals surface area contributed by atoms with E-state index >= 15 is 0 Å². The van der Waals surface area contributed by atoms with Crippen molar-refractivity contribution in [1.82, 2.24) is 0 Å². The van der Waals surface area contributed by atoms with Crippen molar-refractivity contribution in [3.63, 3.8) is 0 Å². The molecule has 0 saturated carbocycles. The zero-order valence-electron chi connectivity index (χ0n) is 14.4. The van der Waals surface area contributed by atoms with E-state index in [9.17, 15) is 5.11 Å². The van der Waals surface area contributed by atoms with E-state index in [0.29, 0.717) is 11.8 Å². The highest BCUT2D eigenvalue weighted by Gasteiger charge is 2.43. The van der Waals surface area contributed by atoms with E-state index in [1.54, 1.807) is 5.57 Å². The molecule has 2 aliphatic carbocycles. The van der Waals surface area contributed by atoms with Crippen molar-refractivity contribution < 1.29 is 5.11 Å². The summed E-state index contributed by atoms with van der Waals surface area (Å²) in [4.78, 5) is 0. The first-order valence-corrected chi connectivity index (χ1v) is 8.54. The molecule has 2 aliphatic rings. The summed E-state index contributed by atoms with van der Waals surface area (Å²) in [6.45, 7) is 11.4. The Morgan fingerprint density at radius 3 is 2.57 bits per heavy atom. The summed E-state index contributed by atoms with van der Waals surface area (Å²) >= 11 is 0. The molecule has 0 radical (unpaired) electrons. The molecule has 1 N–H and O–H groups in total. The van der Waals surface area contributed by atoms with Crippen LogP contribution in [0.5, 0.6) is 0 Å². The van der Waals surface area contributed by atoms with Crippen molar-refractivity contribution >= 4 is 0 Å². The standard InChI is InChI=1S/C20H32O/c1-14(2)18-12-11-17-10-9-15(3)7-6-8-16(4)19(21)13-20(17,18)5/h8-9,11,14,18-19,21H,6-7,10,12-13H2,1-5H3/b15-9?,16-8+/t18-,19+,20+/m0/s1. The Bertz CT molecular complexity index is 466. The Balaban J connectivity index is 2.36. The van der Waals surface area contributed by atoms with Crippen LogP contribution in [-0.4, -0.2) is 11.2 Å². The SMILES string of the molecule is CC1=CCC2=CC[C@@H](C(C)C)[C@]2(C)C[C@@H](O)/C(C)=C/CC1. The van der Waals surface area contributed by atoms with Gasteiger partial charge < -0.3 is 5.11 Å². The summed E-state index contributed by atoms with van der Waals surface area (Å²) in [6, 6.07) is 0. The number of hydrogen-bond donors (Lipinski definition) is 1. The molecule has 0 bridgehead atoms. The van der Waals surface area contributed by atoms with E-state index in [1.807, 2.05) is 0 Å². The fourth-order valence-electron chi connectivity index (χ4n) is 4.22. The molecule has 0 unspecified atom stereocenters. The number of rotatable bonds is 1. The van der Waals surface area contributed by atoms with E-state index in [-0.39, 0.29) is 11.5 Å². The van der Waals surface area contributed by atoms with Crippen molar-refractivity contribution in [3.05, 3.63) is 34.9 Å². The summed E-state index contributed by atoms with van der Waals surface area (Å²) in [5, 5.41) is 10.7. The molecule has 0 aromatic rings. The van der Waals surface area contributed by atoms with Crippen molar-refractivity contribution in [1.29, 1.82) is 0 Å². The number of aliphatic hydroxyl groups is 1. The maximum absolute atomic E-state index is 10.7. The predicted octanol–water partition coefficient (Wildman–Crippen LogP) is 5.42. The van der Waals surface area contributed by atoms with Gasteiger partial charge in [0, 0.05) is 0 Å². The molecule has 1 nitrogen and oxygen atoms in total. The molecule has 2 rings (SSSR count). The highest BCUT2D eigenvalue weighted by molar-refractivity contribution is 5.27. The van der Waals surface area contributed by atoms with Gasteiger partial charge in [-0.3, -0.25) is 0 Å². The number of fused-ring (bicyclic) bond motifs is 1. The fraction of sp³-hybridized carbons (Fsp3) is 0.700. The lowest BCUT2D eigenvalue weighted by molar-refractivity contribution is 0.101. The van der Waals surface area contributed by atoms with Gasteiger partial charge in [0.1, 0.15) is 0 Å². The van der Waals surface area contributed by atoms with Gasteiger partial charge in [-0.15, -0.1) is 0 Å². The van der Waals surface area contributed by atoms with Crippen LogP contribution in [0, 0.1) is 17.3 Å². The zero-order valence-corrected chi connectivity index (χ0v) is 14.4. The summed E-state index contributed by atoms with van der Waals surface area (Å²) in [7, 11) is 0. The fourth-order valence-corrected chi connectivity index (χ4v) is 4.22. The van der Waals surface area contributed by atoms with Crippen LogP contribution in [-0.2, 0) is 0 Å². The lowest BCUT2D eigenvalue weighted by Gasteiger charge is -2.39. The van der Waals surface area contributed by atoms with Crippen molar-refractivity contribution in [2.24, 2.45) is 17.3 Å². The van der Waals surface area contributed by atoms with Gasteiger partial charge in [-0.2, -0.15) is 0 Å². The second kappa shape index (κ2) is 6.52. The smallest absolute Gasteiger partial charge is 0.0755 e. The minimum atomic E-state index is -0.295. The van der Waals surface area contributed by atoms with Crippen molar-refractivity contribution in [2.75, 3.05) is 0 Å². The molecule has 1 heteroatoms. The Labute approximate surface area is 130 Å². The van der Waals surface area contributed by atoms with E-state index < -0.39 is 0 Å². The Morgan fingerprint density at radius 2 is 1.90 bits per heavy atom. The van der Waals surface area contributed by atoms with Gasteiger partial charge in [0.2, 0.25) is 0 Å². The largest absolute Gasteiger partial charge is 0.389 e. The lowest BCUT2D eigenvalue weighted by atomic mass is 9.66. The average Bonchev–Trinajstić information content (AvgIpc) is 2.71. The second-order valence-corrected chi connectivity index (χ2v) is 7.69. The average molecular weight is 288 g/mol. The quantitative estimate of drug-likeness (QED) is 0.638. The molecule has 0 aromatic carbocycles. The van der Waals surface area contributed by atoms with Gasteiger partial charge in [-0.1, -0.05) is 50.1 Å². The van der Waals surface area contributed by atoms with E-state index in [1.165, 1.54) is 12.0 Å². The van der Waals surface area contributed by atoms with Crippen LogP contribution in [0.1, 0.15) is 66.7 Å². The Morgan fingerprint density at radius 1 is 1.19 bits per heavy atom. The Kier molecular flexibility index (Phi) is 5.14. The van der Waals surface area contributed by atoms with Crippen LogP contribution >= 0.6 is 0 Å². The maximum atomic E-state index is 10.7. The third-order valence-electron chi connectivity index (χ3n) is 5.79. The van der Waals surface area contributed by atoms with Crippen LogP contribution in [0.4, 0.5) is 0 Å². The van der Waals surface area contributed by atoms with Crippen LogP contribution < -0.4 is 0 Å². The van der Waals surface area contributed by atoms with E-state index in [4.69, 9.17) is 0 Å². The second-order valence-electron chi connectivity index (χ2n) is 7.69. The molecule has 0 heterocycles. The first-order valence-electron chi connectivity index (χ1n) is 8.54. The molecule has 0 spiro atoms. The maximum Gasteiger partial charge on any atom is 0.0755 e. The third kappa shape index (κ3) is 3.51. The third-order valence-corrected chi connectivity index (χ3v) is 5.79. The summed E-state index contributed by atoms with van der Waals surface area (Å²) in [5.74, 6) is 1.32. The van der Waals surface area contributed by atoms with E-state index in [2.05, 4.69) is 52.8 Å². The zero-order chi connectivity index (χ0) is 15.6. The minimum Gasteiger partial charge on any atom is -0.389 e. The summed E-state index contributed by atoms with van der Waals surface area (Å²) in [6.07, 6.45) is 12.1. The van der Waals surface area contributed by atoms with Crippen LogP contribution in [0.2, 0.25) is 0 Å². The van der Waals surface area contributed by atoms with Gasteiger partial charge in [-0.25, -0.2) is 0 Å². The topological polar surface area (TPSA) is 20.2 Å². The molecule has 118 valence electrons. The number of aliphatic hydroxyl groups excluding tert-OH is 1. The monoisotopic (exact) mass is 288 g/mol. The van der Waals surface area contributed by atoms with Gasteiger partial charge in [0.05, 0.1) is 6.10 Å². The molecule has 21 heavy (non-hydrogen) atoms. The highest BCUT2D eigenvalue weighted by atomic mass is 16.3. The van der Waals surface area contributed by atoms with Gasteiger partial charge in [0.25, 0.3) is 0 Å². The van der Waals surface area contributed by atoms with Crippen molar-refractivity contribution in [3.8, 4) is 0 Å². The molecule has 0 aliphatic heterocycles. The van der Waals surface area contributed by atoms with Crippen molar-refractivity contribution in [2.45, 2.75) is 72.8 Å². The van der Waals surface area contributed by atoms with Crippen LogP contribution in [0.3, 0.4) is 0 Å². The first-order chi connectivity index (χ1) is 9.84. The number of allylic oxidation sites excluding steroid dienone is 5. The molecule has 0 fully saturated rings. The predicted molar refractivity (Wildman–Crippen MR) is 91.1 cm³/mol. The molecular formula is C20H32O. The molecule has 0 aromatic heterocycles. The molecule has 0 amide bonds. The molecular weight excluding hydrogens is 256 g/mol. The minimum absolute atomic E-state index is 0.143. The number of hydrogen-bond acceptors (Lipinski definition) is 1. The molecule has 0 saturated heterocycles. The van der Waals surface area contributed by atoms with Gasteiger partial charge >= 0.3 is 0 Å². The van der Waals surface area contributed by atoms with Crippen LogP contribution in [0.25, 0.3) is 0 Å². The Hall–Kier alpha value is -0.820. The van der Waals surface area contributed by atoms with Gasteiger partial charge in [-0.05, 0) is 68.8 Å². The summed E-state index contributed by atoms with van der Waals surface area (Å²) in [5.41, 5.74) is 4.32. The van der Waals surface area contributed by atoms with Gasteiger partial charge in [0.15, 0.2) is 0 Å². The van der Waals surface area contributed by atoms with Crippen LogP contribution in [0.15, 0.2) is 34.9 Å². The highest BCUT2D eigenvalue weighted by Crippen LogP contribution is 2.52. The lowest BCUT2D eigenvalue weighted by Crippen LogP contribution is -2.33. The summed E-state index contributed by atoms with van der Waals surface area (Å²) < 4.78 is 0. The molecule has 3 atom stereocenters. The van der Waals surface area contributed by atoms with E-state index in [0.717, 1.165) is 31.3 Å². The normalized spacial score (nSPS) is 37.2.